The molecular weight excluding hydrogens is 234 g/mol. The Labute approximate surface area is 108 Å². The van der Waals surface area contributed by atoms with Crippen LogP contribution in [-0.2, 0) is 0 Å². The van der Waals surface area contributed by atoms with E-state index in [-0.39, 0.29) is 5.54 Å². The lowest BCUT2D eigenvalue weighted by Crippen LogP contribution is -2.54. The third-order valence-corrected chi connectivity index (χ3v) is 4.22. The van der Waals surface area contributed by atoms with Crippen LogP contribution in [0.3, 0.4) is 0 Å². The number of hydrogen-bond donors (Lipinski definition) is 2. The van der Waals surface area contributed by atoms with Crippen LogP contribution in [0.25, 0.3) is 0 Å². The fourth-order valence-electron chi connectivity index (χ4n) is 2.32. The topological polar surface area (TPSA) is 41.3 Å². The zero-order valence-electron chi connectivity index (χ0n) is 10.5. The molecule has 0 unspecified atom stereocenters. The van der Waals surface area contributed by atoms with Gasteiger partial charge in [-0.05, 0) is 45.5 Å². The van der Waals surface area contributed by atoms with Crippen molar-refractivity contribution in [3.05, 3.63) is 23.2 Å². The first-order chi connectivity index (χ1) is 8.05. The number of rotatable bonds is 4. The minimum absolute atomic E-state index is 0.286. The maximum atomic E-state index is 6.00. The summed E-state index contributed by atoms with van der Waals surface area (Å²) in [5.74, 6) is 0. The summed E-state index contributed by atoms with van der Waals surface area (Å²) in [6.45, 7) is 0.921. The SMILES string of the molecule is CN(C)C1(CNc2cccc(Cl)c2N)CCC1. The van der Waals surface area contributed by atoms with E-state index in [1.54, 1.807) is 0 Å². The molecule has 1 aromatic carbocycles. The van der Waals surface area contributed by atoms with Gasteiger partial charge in [-0.15, -0.1) is 0 Å². The highest BCUT2D eigenvalue weighted by atomic mass is 35.5. The van der Waals surface area contributed by atoms with Crippen molar-refractivity contribution in [3.8, 4) is 0 Å². The van der Waals surface area contributed by atoms with Gasteiger partial charge in [-0.1, -0.05) is 17.7 Å². The molecular formula is C13H20ClN3. The van der Waals surface area contributed by atoms with E-state index in [1.165, 1.54) is 19.3 Å². The average molecular weight is 254 g/mol. The van der Waals surface area contributed by atoms with Crippen molar-refractivity contribution >= 4 is 23.0 Å². The lowest BCUT2D eigenvalue weighted by atomic mass is 9.75. The molecule has 1 aliphatic carbocycles. The van der Waals surface area contributed by atoms with E-state index in [9.17, 15) is 0 Å². The third-order valence-electron chi connectivity index (χ3n) is 3.89. The number of nitrogen functional groups attached to an aromatic ring is 1. The Kier molecular flexibility index (Phi) is 3.50. The number of likely N-dealkylation sites (N-methyl/N-ethyl adjacent to an activating group) is 1. The third kappa shape index (κ3) is 2.35. The summed E-state index contributed by atoms with van der Waals surface area (Å²) in [7, 11) is 4.28. The lowest BCUT2D eigenvalue weighted by Gasteiger charge is -2.47. The minimum atomic E-state index is 0.286. The van der Waals surface area contributed by atoms with E-state index in [0.29, 0.717) is 10.7 Å². The second kappa shape index (κ2) is 4.75. The van der Waals surface area contributed by atoms with Crippen molar-refractivity contribution in [1.82, 2.24) is 4.90 Å². The van der Waals surface area contributed by atoms with Crippen LogP contribution in [0.5, 0.6) is 0 Å². The van der Waals surface area contributed by atoms with Crippen LogP contribution in [0.1, 0.15) is 19.3 Å². The van der Waals surface area contributed by atoms with Crippen molar-refractivity contribution in [2.75, 3.05) is 31.7 Å². The van der Waals surface area contributed by atoms with Gasteiger partial charge < -0.3 is 16.0 Å². The molecule has 0 aliphatic heterocycles. The molecule has 3 nitrogen and oxygen atoms in total. The van der Waals surface area contributed by atoms with Crippen LogP contribution < -0.4 is 11.1 Å². The zero-order valence-corrected chi connectivity index (χ0v) is 11.2. The molecule has 1 aromatic rings. The van der Waals surface area contributed by atoms with Gasteiger partial charge in [0.15, 0.2) is 0 Å². The average Bonchev–Trinajstić information content (AvgIpc) is 2.22. The normalized spacial score (nSPS) is 17.9. The van der Waals surface area contributed by atoms with Gasteiger partial charge in [0.1, 0.15) is 0 Å². The number of hydrogen-bond acceptors (Lipinski definition) is 3. The molecule has 0 amide bonds. The summed E-state index contributed by atoms with van der Waals surface area (Å²) in [6.07, 6.45) is 3.80. The van der Waals surface area contributed by atoms with Crippen molar-refractivity contribution < 1.29 is 0 Å². The van der Waals surface area contributed by atoms with E-state index in [2.05, 4.69) is 24.3 Å². The van der Waals surface area contributed by atoms with Crippen molar-refractivity contribution in [2.24, 2.45) is 0 Å². The Hall–Kier alpha value is -0.930. The fourth-order valence-corrected chi connectivity index (χ4v) is 2.49. The number of nitrogens with one attached hydrogen (secondary N) is 1. The van der Waals surface area contributed by atoms with Gasteiger partial charge >= 0.3 is 0 Å². The van der Waals surface area contributed by atoms with Crippen molar-refractivity contribution in [1.29, 1.82) is 0 Å². The molecule has 17 heavy (non-hydrogen) atoms. The summed E-state index contributed by atoms with van der Waals surface area (Å²) in [5, 5.41) is 4.04. The predicted molar refractivity (Wildman–Crippen MR) is 74.6 cm³/mol. The molecule has 0 atom stereocenters. The summed E-state index contributed by atoms with van der Waals surface area (Å²) in [6, 6.07) is 5.71. The highest BCUT2D eigenvalue weighted by Crippen LogP contribution is 2.37. The Bertz CT molecular complexity index is 400. The summed E-state index contributed by atoms with van der Waals surface area (Å²) in [5.41, 5.74) is 7.80. The van der Waals surface area contributed by atoms with Crippen LogP contribution in [-0.4, -0.2) is 31.1 Å². The van der Waals surface area contributed by atoms with Gasteiger partial charge in [0.2, 0.25) is 0 Å². The molecule has 94 valence electrons. The number of anilines is 2. The Morgan fingerprint density at radius 2 is 2.12 bits per heavy atom. The van der Waals surface area contributed by atoms with E-state index in [4.69, 9.17) is 17.3 Å². The van der Waals surface area contributed by atoms with Gasteiger partial charge in [0, 0.05) is 12.1 Å². The lowest BCUT2D eigenvalue weighted by molar-refractivity contribution is 0.0739. The Morgan fingerprint density at radius 1 is 1.41 bits per heavy atom. The first-order valence-corrected chi connectivity index (χ1v) is 6.38. The second-order valence-electron chi connectivity index (χ2n) is 5.03. The monoisotopic (exact) mass is 253 g/mol. The van der Waals surface area contributed by atoms with E-state index >= 15 is 0 Å². The van der Waals surface area contributed by atoms with Crippen LogP contribution in [0.4, 0.5) is 11.4 Å². The van der Waals surface area contributed by atoms with Gasteiger partial charge in [0.05, 0.1) is 16.4 Å². The number of benzene rings is 1. The largest absolute Gasteiger partial charge is 0.396 e. The van der Waals surface area contributed by atoms with Crippen molar-refractivity contribution in [2.45, 2.75) is 24.8 Å². The molecule has 0 spiro atoms. The van der Waals surface area contributed by atoms with Crippen LogP contribution in [0.2, 0.25) is 5.02 Å². The number of nitrogens with zero attached hydrogens (tertiary/aromatic N) is 1. The minimum Gasteiger partial charge on any atom is -0.396 e. The van der Waals surface area contributed by atoms with Crippen molar-refractivity contribution in [3.63, 3.8) is 0 Å². The highest BCUT2D eigenvalue weighted by molar-refractivity contribution is 6.33. The van der Waals surface area contributed by atoms with Crippen LogP contribution in [0, 0.1) is 0 Å². The molecule has 0 aromatic heterocycles. The molecule has 1 saturated carbocycles. The first kappa shape index (κ1) is 12.5. The molecule has 1 aliphatic rings. The molecule has 4 heteroatoms. The van der Waals surface area contributed by atoms with E-state index < -0.39 is 0 Å². The molecule has 2 rings (SSSR count). The van der Waals surface area contributed by atoms with Gasteiger partial charge in [-0.25, -0.2) is 0 Å². The van der Waals surface area contributed by atoms with E-state index in [1.807, 2.05) is 18.2 Å². The van der Waals surface area contributed by atoms with Crippen LogP contribution >= 0.6 is 11.6 Å². The molecule has 1 fully saturated rings. The number of para-hydroxylation sites is 1. The van der Waals surface area contributed by atoms with Gasteiger partial charge in [-0.3, -0.25) is 0 Å². The first-order valence-electron chi connectivity index (χ1n) is 6.00. The standard InChI is InChI=1S/C13H20ClN3/c1-17(2)13(7-4-8-13)9-16-11-6-3-5-10(14)12(11)15/h3,5-6,16H,4,7-9,15H2,1-2H3. The molecule has 3 N–H and O–H groups in total. The molecule has 0 radical (unpaired) electrons. The molecule has 0 bridgehead atoms. The van der Waals surface area contributed by atoms with Crippen LogP contribution in [0.15, 0.2) is 18.2 Å². The number of halogens is 1. The predicted octanol–water partition coefficient (Wildman–Crippen LogP) is 2.82. The fraction of sp³-hybridized carbons (Fsp3) is 0.538. The Balaban J connectivity index is 2.04. The number of nitrogens with two attached hydrogens (primary N) is 1. The molecule has 0 saturated heterocycles. The molecule has 0 heterocycles. The smallest absolute Gasteiger partial charge is 0.0739 e. The summed E-state index contributed by atoms with van der Waals surface area (Å²) in [4.78, 5) is 2.31. The maximum absolute atomic E-state index is 6.00. The second-order valence-corrected chi connectivity index (χ2v) is 5.43. The maximum Gasteiger partial charge on any atom is 0.0739 e. The van der Waals surface area contributed by atoms with E-state index in [0.717, 1.165) is 12.2 Å². The van der Waals surface area contributed by atoms with Gasteiger partial charge in [-0.2, -0.15) is 0 Å². The summed E-state index contributed by atoms with van der Waals surface area (Å²) >= 11 is 6.00. The van der Waals surface area contributed by atoms with Gasteiger partial charge in [0.25, 0.3) is 0 Å². The Morgan fingerprint density at radius 3 is 2.65 bits per heavy atom. The highest BCUT2D eigenvalue weighted by Gasteiger charge is 2.38. The summed E-state index contributed by atoms with van der Waals surface area (Å²) < 4.78 is 0. The quantitative estimate of drug-likeness (QED) is 0.811. The zero-order chi connectivity index (χ0) is 12.5.